The summed E-state index contributed by atoms with van der Waals surface area (Å²) in [6, 6.07) is 8.67. The Kier molecular flexibility index (Phi) is 5.11. The van der Waals surface area contributed by atoms with Crippen molar-refractivity contribution in [3.63, 3.8) is 0 Å². The predicted octanol–water partition coefficient (Wildman–Crippen LogP) is 3.25. The Labute approximate surface area is 102 Å². The normalized spacial score (nSPS) is 11.2. The number of nitrogens with zero attached hydrogens (tertiary/aromatic N) is 1. The maximum Gasteiger partial charge on any atom is 0.123 e. The summed E-state index contributed by atoms with van der Waals surface area (Å²) in [6.45, 7) is 5.87. The zero-order chi connectivity index (χ0) is 12.7. The quantitative estimate of drug-likeness (QED) is 0.820. The highest BCUT2D eigenvalue weighted by atomic mass is 19.1. The molecule has 0 saturated carbocycles. The molecule has 0 spiro atoms. The van der Waals surface area contributed by atoms with Gasteiger partial charge in [0.2, 0.25) is 0 Å². The average Bonchev–Trinajstić information content (AvgIpc) is 2.29. The minimum atomic E-state index is -0.205. The maximum atomic E-state index is 12.7. The zero-order valence-corrected chi connectivity index (χ0v) is 10.5. The summed E-state index contributed by atoms with van der Waals surface area (Å²) in [5, 5.41) is 11.9. The summed E-state index contributed by atoms with van der Waals surface area (Å²) in [5.74, 6) is -0.205. The molecule has 92 valence electrons. The summed E-state index contributed by atoms with van der Waals surface area (Å²) in [6.07, 6.45) is 1.48. The van der Waals surface area contributed by atoms with E-state index in [1.165, 1.54) is 12.1 Å². The Morgan fingerprint density at radius 1 is 1.29 bits per heavy atom. The minimum Gasteiger partial charge on any atom is -0.312 e. The molecule has 0 aromatic heterocycles. The maximum absolute atomic E-state index is 12.7. The first-order valence-corrected chi connectivity index (χ1v) is 5.86. The molecule has 0 saturated heterocycles. The molecule has 0 atom stereocenters. The van der Waals surface area contributed by atoms with Crippen molar-refractivity contribution in [1.29, 1.82) is 5.26 Å². The van der Waals surface area contributed by atoms with Crippen molar-refractivity contribution in [3.8, 4) is 6.07 Å². The van der Waals surface area contributed by atoms with E-state index in [1.807, 2.05) is 0 Å². The first-order valence-electron chi connectivity index (χ1n) is 5.86. The second-order valence-electron chi connectivity index (χ2n) is 5.05. The van der Waals surface area contributed by atoms with E-state index in [0.717, 1.165) is 25.1 Å². The number of halogens is 1. The summed E-state index contributed by atoms with van der Waals surface area (Å²) >= 11 is 0. The lowest BCUT2D eigenvalue weighted by atomic mass is 9.88. The zero-order valence-electron chi connectivity index (χ0n) is 10.5. The van der Waals surface area contributed by atoms with Gasteiger partial charge in [0, 0.05) is 19.5 Å². The van der Waals surface area contributed by atoms with Crippen LogP contribution in [0.4, 0.5) is 4.39 Å². The van der Waals surface area contributed by atoms with E-state index in [4.69, 9.17) is 5.26 Å². The van der Waals surface area contributed by atoms with E-state index in [0.29, 0.717) is 6.42 Å². The van der Waals surface area contributed by atoms with Gasteiger partial charge in [-0.05, 0) is 29.5 Å². The van der Waals surface area contributed by atoms with Crippen molar-refractivity contribution >= 4 is 0 Å². The van der Waals surface area contributed by atoms with Crippen LogP contribution in [0, 0.1) is 22.6 Å². The van der Waals surface area contributed by atoms with Crippen LogP contribution in [-0.2, 0) is 6.54 Å². The smallest absolute Gasteiger partial charge is 0.123 e. The lowest BCUT2D eigenvalue weighted by Gasteiger charge is -2.23. The second-order valence-corrected chi connectivity index (χ2v) is 5.05. The Morgan fingerprint density at radius 3 is 2.53 bits per heavy atom. The van der Waals surface area contributed by atoms with E-state index in [1.54, 1.807) is 12.1 Å². The van der Waals surface area contributed by atoms with E-state index < -0.39 is 0 Å². The molecule has 17 heavy (non-hydrogen) atoms. The fourth-order valence-electron chi connectivity index (χ4n) is 1.63. The topological polar surface area (TPSA) is 35.8 Å². The summed E-state index contributed by atoms with van der Waals surface area (Å²) < 4.78 is 12.7. The molecule has 3 heteroatoms. The van der Waals surface area contributed by atoms with Gasteiger partial charge in [-0.2, -0.15) is 5.26 Å². The van der Waals surface area contributed by atoms with E-state index in [9.17, 15) is 4.39 Å². The number of rotatable bonds is 6. The van der Waals surface area contributed by atoms with Crippen molar-refractivity contribution in [3.05, 3.63) is 35.6 Å². The summed E-state index contributed by atoms with van der Waals surface area (Å²) in [7, 11) is 0. The minimum absolute atomic E-state index is 0.121. The number of hydrogen-bond donors (Lipinski definition) is 1. The molecule has 1 rings (SSSR count). The molecule has 0 unspecified atom stereocenters. The van der Waals surface area contributed by atoms with E-state index in [2.05, 4.69) is 25.2 Å². The lowest BCUT2D eigenvalue weighted by molar-refractivity contribution is 0.317. The van der Waals surface area contributed by atoms with Crippen LogP contribution in [0.15, 0.2) is 24.3 Å². The first kappa shape index (κ1) is 13.7. The molecule has 0 aliphatic carbocycles. The molecule has 0 aliphatic rings. The molecule has 2 nitrogen and oxygen atoms in total. The van der Waals surface area contributed by atoms with Crippen LogP contribution in [0.25, 0.3) is 0 Å². The molecule has 0 heterocycles. The highest BCUT2D eigenvalue weighted by Crippen LogP contribution is 2.20. The van der Waals surface area contributed by atoms with Crippen molar-refractivity contribution in [1.82, 2.24) is 5.32 Å². The van der Waals surface area contributed by atoms with Crippen molar-refractivity contribution in [2.24, 2.45) is 5.41 Å². The van der Waals surface area contributed by atoms with Gasteiger partial charge >= 0.3 is 0 Å². The van der Waals surface area contributed by atoms with Crippen LogP contribution in [0.5, 0.6) is 0 Å². The fraction of sp³-hybridized carbons (Fsp3) is 0.500. The third-order valence-electron chi connectivity index (χ3n) is 2.76. The highest BCUT2D eigenvalue weighted by molar-refractivity contribution is 5.15. The number of nitriles is 1. The first-order chi connectivity index (χ1) is 8.03. The molecule has 1 aromatic rings. The molecule has 0 aliphatic heterocycles. The average molecular weight is 234 g/mol. The van der Waals surface area contributed by atoms with Gasteiger partial charge in [-0.3, -0.25) is 0 Å². The van der Waals surface area contributed by atoms with Crippen LogP contribution in [0.1, 0.15) is 32.3 Å². The molecular weight excluding hydrogens is 215 g/mol. The Hall–Kier alpha value is -1.40. The summed E-state index contributed by atoms with van der Waals surface area (Å²) in [4.78, 5) is 0. The van der Waals surface area contributed by atoms with Gasteiger partial charge in [-0.1, -0.05) is 26.0 Å². The molecule has 0 fully saturated rings. The molecule has 0 amide bonds. The number of benzene rings is 1. The molecular formula is C14H19FN2. The van der Waals surface area contributed by atoms with Gasteiger partial charge in [-0.15, -0.1) is 0 Å². The van der Waals surface area contributed by atoms with Gasteiger partial charge in [0.05, 0.1) is 6.07 Å². The Morgan fingerprint density at radius 2 is 1.94 bits per heavy atom. The summed E-state index contributed by atoms with van der Waals surface area (Å²) in [5.41, 5.74) is 1.19. The third kappa shape index (κ3) is 5.46. The van der Waals surface area contributed by atoms with Gasteiger partial charge in [0.1, 0.15) is 5.82 Å². The van der Waals surface area contributed by atoms with Gasteiger partial charge in [0.15, 0.2) is 0 Å². The standard InChI is InChI=1S/C14H19FN2/c1-14(2,8-3-9-16)11-17-10-12-4-6-13(15)7-5-12/h4-7,17H,3,8,10-11H2,1-2H3. The Bertz CT molecular complexity index is 376. The second kappa shape index (κ2) is 6.36. The van der Waals surface area contributed by atoms with E-state index >= 15 is 0 Å². The van der Waals surface area contributed by atoms with Crippen LogP contribution in [0.2, 0.25) is 0 Å². The molecule has 1 N–H and O–H groups in total. The number of nitrogens with one attached hydrogen (secondary N) is 1. The third-order valence-corrected chi connectivity index (χ3v) is 2.76. The van der Waals surface area contributed by atoms with Gasteiger partial charge in [0.25, 0.3) is 0 Å². The van der Waals surface area contributed by atoms with E-state index in [-0.39, 0.29) is 11.2 Å². The highest BCUT2D eigenvalue weighted by Gasteiger charge is 2.16. The Balaban J connectivity index is 2.32. The van der Waals surface area contributed by atoms with Crippen molar-refractivity contribution < 1.29 is 4.39 Å². The predicted molar refractivity (Wildman–Crippen MR) is 66.7 cm³/mol. The monoisotopic (exact) mass is 234 g/mol. The molecule has 1 aromatic carbocycles. The molecule has 0 radical (unpaired) electrons. The van der Waals surface area contributed by atoms with Crippen LogP contribution in [0.3, 0.4) is 0 Å². The number of hydrogen-bond acceptors (Lipinski definition) is 2. The SMILES string of the molecule is CC(C)(CCC#N)CNCc1ccc(F)cc1. The van der Waals surface area contributed by atoms with Crippen LogP contribution < -0.4 is 5.32 Å². The van der Waals surface area contributed by atoms with Crippen molar-refractivity contribution in [2.45, 2.75) is 33.2 Å². The lowest BCUT2D eigenvalue weighted by Crippen LogP contribution is -2.29. The van der Waals surface area contributed by atoms with Crippen molar-refractivity contribution in [2.75, 3.05) is 6.54 Å². The van der Waals surface area contributed by atoms with Crippen LogP contribution >= 0.6 is 0 Å². The van der Waals surface area contributed by atoms with Crippen LogP contribution in [-0.4, -0.2) is 6.54 Å². The van der Waals surface area contributed by atoms with Gasteiger partial charge < -0.3 is 5.32 Å². The fourth-order valence-corrected chi connectivity index (χ4v) is 1.63. The van der Waals surface area contributed by atoms with Gasteiger partial charge in [-0.25, -0.2) is 4.39 Å². The largest absolute Gasteiger partial charge is 0.312 e. The molecule has 0 bridgehead atoms.